The molecular weight excluding hydrogens is 180 g/mol. The van der Waals surface area contributed by atoms with Crippen molar-refractivity contribution in [3.05, 3.63) is 5.82 Å². The molecular formula is C9H16N4O. The van der Waals surface area contributed by atoms with Gasteiger partial charge >= 0.3 is 0 Å². The van der Waals surface area contributed by atoms with E-state index in [1.165, 1.54) is 0 Å². The number of anilines is 1. The largest absolute Gasteiger partial charge is 0.293 e. The maximum atomic E-state index is 11.3. The average Bonchev–Trinajstić information content (AvgIpc) is 2.48. The Morgan fingerprint density at radius 1 is 1.57 bits per heavy atom. The van der Waals surface area contributed by atoms with E-state index in [0.29, 0.717) is 24.1 Å². The molecule has 0 saturated heterocycles. The number of hydrogen-bond donors (Lipinski definition) is 2. The van der Waals surface area contributed by atoms with Gasteiger partial charge in [0, 0.05) is 6.42 Å². The minimum absolute atomic E-state index is 0.0299. The Morgan fingerprint density at radius 3 is 2.79 bits per heavy atom. The van der Waals surface area contributed by atoms with E-state index in [2.05, 4.69) is 34.3 Å². The molecule has 1 aromatic heterocycles. The zero-order valence-corrected chi connectivity index (χ0v) is 8.79. The van der Waals surface area contributed by atoms with Gasteiger partial charge in [-0.25, -0.2) is 0 Å². The molecule has 0 aromatic carbocycles. The van der Waals surface area contributed by atoms with Crippen LogP contribution < -0.4 is 5.32 Å². The van der Waals surface area contributed by atoms with E-state index in [4.69, 9.17) is 0 Å². The highest BCUT2D eigenvalue weighted by atomic mass is 16.1. The number of rotatable bonds is 4. The lowest BCUT2D eigenvalue weighted by Gasteiger charge is -2.03. The van der Waals surface area contributed by atoms with E-state index < -0.39 is 0 Å². The van der Waals surface area contributed by atoms with Gasteiger partial charge < -0.3 is 0 Å². The lowest BCUT2D eigenvalue weighted by atomic mass is 10.1. The van der Waals surface area contributed by atoms with Crippen molar-refractivity contribution in [2.45, 2.75) is 33.6 Å². The second kappa shape index (κ2) is 4.74. The highest BCUT2D eigenvalue weighted by Crippen LogP contribution is 2.05. The Hall–Kier alpha value is -1.39. The van der Waals surface area contributed by atoms with Gasteiger partial charge in [-0.3, -0.25) is 15.2 Å². The van der Waals surface area contributed by atoms with E-state index in [0.717, 1.165) is 6.42 Å². The van der Waals surface area contributed by atoms with Gasteiger partial charge in [-0.05, 0) is 19.3 Å². The number of aromatic nitrogens is 3. The fourth-order valence-corrected chi connectivity index (χ4v) is 1.01. The van der Waals surface area contributed by atoms with Crippen LogP contribution in [-0.2, 0) is 4.79 Å². The fraction of sp³-hybridized carbons (Fsp3) is 0.667. The Labute approximate surface area is 83.3 Å². The normalized spacial score (nSPS) is 10.6. The first-order chi connectivity index (χ1) is 6.58. The second-order valence-corrected chi connectivity index (χ2v) is 3.73. The van der Waals surface area contributed by atoms with Crippen molar-refractivity contribution >= 4 is 11.9 Å². The van der Waals surface area contributed by atoms with E-state index in [1.54, 1.807) is 6.92 Å². The van der Waals surface area contributed by atoms with Crippen LogP contribution in [0.3, 0.4) is 0 Å². The number of H-pyrrole nitrogens is 1. The molecule has 0 aliphatic rings. The van der Waals surface area contributed by atoms with Crippen LogP contribution in [0.2, 0.25) is 0 Å². The summed E-state index contributed by atoms with van der Waals surface area (Å²) in [5.41, 5.74) is 0. The highest BCUT2D eigenvalue weighted by Gasteiger charge is 2.06. The molecule has 1 rings (SSSR count). The maximum absolute atomic E-state index is 11.3. The van der Waals surface area contributed by atoms with Crippen molar-refractivity contribution in [3.63, 3.8) is 0 Å². The zero-order chi connectivity index (χ0) is 10.6. The third-order valence-electron chi connectivity index (χ3n) is 1.80. The summed E-state index contributed by atoms with van der Waals surface area (Å²) in [4.78, 5) is 15.3. The van der Waals surface area contributed by atoms with Crippen LogP contribution in [0.25, 0.3) is 0 Å². The number of nitrogens with one attached hydrogen (secondary N) is 2. The average molecular weight is 196 g/mol. The van der Waals surface area contributed by atoms with Gasteiger partial charge in [0.2, 0.25) is 11.9 Å². The molecule has 0 aliphatic carbocycles. The summed E-state index contributed by atoms with van der Waals surface area (Å²) in [5, 5.41) is 9.10. The molecule has 0 atom stereocenters. The maximum Gasteiger partial charge on any atom is 0.248 e. The van der Waals surface area contributed by atoms with Crippen LogP contribution in [0.1, 0.15) is 32.5 Å². The number of hydrogen-bond acceptors (Lipinski definition) is 3. The molecule has 1 heterocycles. The van der Waals surface area contributed by atoms with E-state index in [-0.39, 0.29) is 5.91 Å². The van der Waals surface area contributed by atoms with Gasteiger partial charge in [-0.1, -0.05) is 13.8 Å². The summed E-state index contributed by atoms with van der Waals surface area (Å²) >= 11 is 0. The van der Waals surface area contributed by atoms with Crippen LogP contribution in [0.4, 0.5) is 5.95 Å². The molecule has 5 heteroatoms. The Morgan fingerprint density at radius 2 is 2.29 bits per heavy atom. The summed E-state index contributed by atoms with van der Waals surface area (Å²) < 4.78 is 0. The van der Waals surface area contributed by atoms with Crippen molar-refractivity contribution in [1.82, 2.24) is 15.2 Å². The quantitative estimate of drug-likeness (QED) is 0.766. The van der Waals surface area contributed by atoms with Crippen molar-refractivity contribution in [2.75, 3.05) is 5.32 Å². The number of aromatic amines is 1. The van der Waals surface area contributed by atoms with Crippen LogP contribution in [0, 0.1) is 12.8 Å². The standard InChI is InChI=1S/C9H16N4O/c1-6(2)4-5-8(14)11-9-10-7(3)12-13-9/h6H,4-5H2,1-3H3,(H2,10,11,12,13,14). The second-order valence-electron chi connectivity index (χ2n) is 3.73. The number of carbonyl (C=O) groups is 1. The Balaban J connectivity index is 2.34. The first kappa shape index (κ1) is 10.7. The molecule has 0 bridgehead atoms. The van der Waals surface area contributed by atoms with E-state index >= 15 is 0 Å². The molecule has 0 fully saturated rings. The molecule has 0 spiro atoms. The molecule has 78 valence electrons. The number of amides is 1. The van der Waals surface area contributed by atoms with Gasteiger partial charge in [0.1, 0.15) is 5.82 Å². The lowest BCUT2D eigenvalue weighted by molar-refractivity contribution is -0.116. The minimum Gasteiger partial charge on any atom is -0.293 e. The summed E-state index contributed by atoms with van der Waals surface area (Å²) in [5.74, 6) is 1.56. The van der Waals surface area contributed by atoms with Crippen molar-refractivity contribution < 1.29 is 4.79 Å². The summed E-state index contributed by atoms with van der Waals surface area (Å²) in [7, 11) is 0. The van der Waals surface area contributed by atoms with Crippen LogP contribution in [-0.4, -0.2) is 21.1 Å². The number of carbonyl (C=O) groups excluding carboxylic acids is 1. The van der Waals surface area contributed by atoms with Crippen LogP contribution in [0.15, 0.2) is 0 Å². The highest BCUT2D eigenvalue weighted by molar-refractivity contribution is 5.88. The smallest absolute Gasteiger partial charge is 0.248 e. The Kier molecular flexibility index (Phi) is 3.62. The van der Waals surface area contributed by atoms with Crippen molar-refractivity contribution in [3.8, 4) is 0 Å². The third kappa shape index (κ3) is 3.55. The molecule has 0 saturated carbocycles. The van der Waals surface area contributed by atoms with E-state index in [9.17, 15) is 4.79 Å². The molecule has 0 unspecified atom stereocenters. The molecule has 1 aromatic rings. The van der Waals surface area contributed by atoms with Crippen molar-refractivity contribution in [2.24, 2.45) is 5.92 Å². The fourth-order valence-electron chi connectivity index (χ4n) is 1.01. The molecule has 5 nitrogen and oxygen atoms in total. The van der Waals surface area contributed by atoms with Gasteiger partial charge in [0.25, 0.3) is 0 Å². The predicted molar refractivity (Wildman–Crippen MR) is 53.8 cm³/mol. The van der Waals surface area contributed by atoms with Crippen molar-refractivity contribution in [1.29, 1.82) is 0 Å². The number of nitrogens with zero attached hydrogens (tertiary/aromatic N) is 2. The summed E-state index contributed by atoms with van der Waals surface area (Å²) in [6.45, 7) is 5.96. The minimum atomic E-state index is -0.0299. The first-order valence-corrected chi connectivity index (χ1v) is 4.77. The SMILES string of the molecule is Cc1nc(NC(=O)CCC(C)C)n[nH]1. The molecule has 0 aliphatic heterocycles. The topological polar surface area (TPSA) is 70.7 Å². The molecule has 14 heavy (non-hydrogen) atoms. The van der Waals surface area contributed by atoms with Gasteiger partial charge in [0.05, 0.1) is 0 Å². The monoisotopic (exact) mass is 196 g/mol. The number of aryl methyl sites for hydroxylation is 1. The third-order valence-corrected chi connectivity index (χ3v) is 1.80. The lowest BCUT2D eigenvalue weighted by Crippen LogP contribution is -2.13. The van der Waals surface area contributed by atoms with E-state index in [1.807, 2.05) is 0 Å². The van der Waals surface area contributed by atoms with Crippen LogP contribution >= 0.6 is 0 Å². The predicted octanol–water partition coefficient (Wildman–Crippen LogP) is 1.49. The molecule has 2 N–H and O–H groups in total. The Bertz CT molecular complexity index is 306. The molecule has 0 radical (unpaired) electrons. The van der Waals surface area contributed by atoms with Gasteiger partial charge in [-0.2, -0.15) is 4.98 Å². The summed E-state index contributed by atoms with van der Waals surface area (Å²) in [6, 6.07) is 0. The zero-order valence-electron chi connectivity index (χ0n) is 8.79. The summed E-state index contributed by atoms with van der Waals surface area (Å²) in [6.07, 6.45) is 1.40. The molecule has 1 amide bonds. The first-order valence-electron chi connectivity index (χ1n) is 4.77. The van der Waals surface area contributed by atoms with Gasteiger partial charge in [-0.15, -0.1) is 5.10 Å². The van der Waals surface area contributed by atoms with Crippen LogP contribution in [0.5, 0.6) is 0 Å². The van der Waals surface area contributed by atoms with Gasteiger partial charge in [0.15, 0.2) is 0 Å².